The van der Waals surface area contributed by atoms with Crippen LogP contribution in [0.2, 0.25) is 0 Å². The number of rotatable bonds is 6. The third-order valence-corrected chi connectivity index (χ3v) is 2.96. The van der Waals surface area contributed by atoms with Crippen LogP contribution in [-0.2, 0) is 4.79 Å². The van der Waals surface area contributed by atoms with E-state index < -0.39 is 0 Å². The summed E-state index contributed by atoms with van der Waals surface area (Å²) in [6.45, 7) is 10.0. The first-order valence-corrected chi connectivity index (χ1v) is 6.27. The number of allylic oxidation sites excluding steroid dienone is 5. The maximum absolute atomic E-state index is 11.9. The van der Waals surface area contributed by atoms with E-state index >= 15 is 0 Å². The first-order chi connectivity index (χ1) is 8.01. The van der Waals surface area contributed by atoms with Crippen LogP contribution < -0.4 is 5.32 Å². The van der Waals surface area contributed by atoms with E-state index in [0.717, 1.165) is 28.8 Å². The van der Waals surface area contributed by atoms with Gasteiger partial charge in [-0.15, -0.1) is 0 Å². The molecule has 0 radical (unpaired) electrons. The van der Waals surface area contributed by atoms with Crippen LogP contribution in [0.25, 0.3) is 0 Å². The van der Waals surface area contributed by atoms with E-state index in [1.807, 2.05) is 46.9 Å². The van der Waals surface area contributed by atoms with Gasteiger partial charge in [-0.25, -0.2) is 0 Å². The van der Waals surface area contributed by atoms with Crippen molar-refractivity contribution in [1.29, 1.82) is 0 Å². The molecule has 0 saturated carbocycles. The van der Waals surface area contributed by atoms with Crippen molar-refractivity contribution in [1.82, 2.24) is 5.32 Å². The Bertz CT molecular complexity index is 359. The fourth-order valence-corrected chi connectivity index (χ4v) is 1.69. The zero-order valence-corrected chi connectivity index (χ0v) is 12.0. The van der Waals surface area contributed by atoms with Crippen molar-refractivity contribution < 1.29 is 4.79 Å². The van der Waals surface area contributed by atoms with Gasteiger partial charge in [0.05, 0.1) is 0 Å². The van der Waals surface area contributed by atoms with E-state index in [9.17, 15) is 4.79 Å². The fourth-order valence-electron chi connectivity index (χ4n) is 1.69. The summed E-state index contributed by atoms with van der Waals surface area (Å²) in [5.74, 6) is 0.218. The molecule has 0 amide bonds. The monoisotopic (exact) mass is 235 g/mol. The number of hydrogen-bond acceptors (Lipinski definition) is 2. The molecule has 0 aliphatic heterocycles. The molecule has 1 N–H and O–H groups in total. The number of Topliss-reactive ketones (excluding diaryl/α,β-unsaturated/α-hetero) is 1. The SMILES string of the molecule is C\C=C(NC)/C(C)=C\C(C(=O)CC)=C(/C)CC. The molecule has 0 rings (SSSR count). The van der Waals surface area contributed by atoms with Gasteiger partial charge in [0.1, 0.15) is 0 Å². The highest BCUT2D eigenvalue weighted by Crippen LogP contribution is 2.17. The summed E-state index contributed by atoms with van der Waals surface area (Å²) in [4.78, 5) is 11.9. The molecule has 0 aliphatic rings. The predicted octanol–water partition coefficient (Wildman–Crippen LogP) is 3.76. The quantitative estimate of drug-likeness (QED) is 0.561. The summed E-state index contributed by atoms with van der Waals surface area (Å²) < 4.78 is 0. The summed E-state index contributed by atoms with van der Waals surface area (Å²) in [5.41, 5.74) is 4.18. The lowest BCUT2D eigenvalue weighted by molar-refractivity contribution is -0.115. The molecular formula is C15H25NO. The lowest BCUT2D eigenvalue weighted by Crippen LogP contribution is -2.08. The number of carbonyl (C=O) groups is 1. The van der Waals surface area contributed by atoms with Crippen LogP contribution in [0.5, 0.6) is 0 Å². The summed E-state index contributed by atoms with van der Waals surface area (Å²) in [5, 5.41) is 3.13. The molecule has 0 atom stereocenters. The molecule has 2 nitrogen and oxygen atoms in total. The molecule has 0 aromatic rings. The minimum atomic E-state index is 0.218. The highest BCUT2D eigenvalue weighted by Gasteiger charge is 2.09. The molecule has 0 aliphatic carbocycles. The maximum atomic E-state index is 11.9. The molecule has 0 unspecified atom stereocenters. The Kier molecular flexibility index (Phi) is 7.27. The van der Waals surface area contributed by atoms with Gasteiger partial charge in [-0.2, -0.15) is 0 Å². The van der Waals surface area contributed by atoms with Crippen LogP contribution in [-0.4, -0.2) is 12.8 Å². The van der Waals surface area contributed by atoms with Crippen molar-refractivity contribution in [3.05, 3.63) is 34.6 Å². The zero-order chi connectivity index (χ0) is 13.4. The predicted molar refractivity (Wildman–Crippen MR) is 74.9 cm³/mol. The van der Waals surface area contributed by atoms with Crippen LogP contribution in [0.4, 0.5) is 0 Å². The molecule has 0 saturated heterocycles. The minimum absolute atomic E-state index is 0.218. The normalized spacial score (nSPS) is 14.5. The van der Waals surface area contributed by atoms with Crippen molar-refractivity contribution in [3.8, 4) is 0 Å². The van der Waals surface area contributed by atoms with Gasteiger partial charge in [-0.1, -0.05) is 25.5 Å². The molecule has 0 spiro atoms. The molecule has 0 heterocycles. The molecule has 0 aromatic carbocycles. The van der Waals surface area contributed by atoms with E-state index in [2.05, 4.69) is 12.2 Å². The Morgan fingerprint density at radius 2 is 1.76 bits per heavy atom. The highest BCUT2D eigenvalue weighted by atomic mass is 16.1. The average Bonchev–Trinajstić information content (AvgIpc) is 2.35. The van der Waals surface area contributed by atoms with E-state index in [1.54, 1.807) is 0 Å². The Balaban J connectivity index is 5.40. The minimum Gasteiger partial charge on any atom is -0.388 e. The van der Waals surface area contributed by atoms with Crippen molar-refractivity contribution in [2.75, 3.05) is 7.05 Å². The van der Waals surface area contributed by atoms with Gasteiger partial charge in [0.2, 0.25) is 0 Å². The van der Waals surface area contributed by atoms with Crippen LogP contribution in [0, 0.1) is 0 Å². The number of ketones is 1. The largest absolute Gasteiger partial charge is 0.388 e. The van der Waals surface area contributed by atoms with Gasteiger partial charge < -0.3 is 5.32 Å². The molecule has 0 aromatic heterocycles. The van der Waals surface area contributed by atoms with E-state index in [0.29, 0.717) is 6.42 Å². The number of hydrogen-bond donors (Lipinski definition) is 1. The smallest absolute Gasteiger partial charge is 0.162 e. The molecular weight excluding hydrogens is 210 g/mol. The molecule has 96 valence electrons. The van der Waals surface area contributed by atoms with Gasteiger partial charge in [-0.3, -0.25) is 4.79 Å². The second-order valence-corrected chi connectivity index (χ2v) is 4.10. The first-order valence-electron chi connectivity index (χ1n) is 6.27. The van der Waals surface area contributed by atoms with Gasteiger partial charge in [0.25, 0.3) is 0 Å². The summed E-state index contributed by atoms with van der Waals surface area (Å²) >= 11 is 0. The third-order valence-electron chi connectivity index (χ3n) is 2.96. The van der Waals surface area contributed by atoms with Crippen molar-refractivity contribution >= 4 is 5.78 Å². The first kappa shape index (κ1) is 15.7. The van der Waals surface area contributed by atoms with Crippen LogP contribution in [0.3, 0.4) is 0 Å². The highest BCUT2D eigenvalue weighted by molar-refractivity contribution is 5.98. The standard InChI is InChI=1S/C15H25NO/c1-7-11(4)13(15(17)9-3)10-12(5)14(8-2)16-6/h8,10,16H,7,9H2,1-6H3/b12-10-,13-11-,14-8+. The fraction of sp³-hybridized carbons (Fsp3) is 0.533. The number of likely N-dealkylation sites (N-methyl/N-ethyl adjacent to an activating group) is 1. The Morgan fingerprint density at radius 1 is 1.18 bits per heavy atom. The average molecular weight is 235 g/mol. The Morgan fingerprint density at radius 3 is 2.12 bits per heavy atom. The molecule has 2 heteroatoms. The van der Waals surface area contributed by atoms with Gasteiger partial charge in [0.15, 0.2) is 5.78 Å². The summed E-state index contributed by atoms with van der Waals surface area (Å²) in [6.07, 6.45) is 5.48. The molecule has 0 fully saturated rings. The van der Waals surface area contributed by atoms with Gasteiger partial charge in [0, 0.05) is 24.7 Å². The maximum Gasteiger partial charge on any atom is 0.162 e. The number of nitrogens with one attached hydrogen (secondary N) is 1. The Labute approximate surface area is 105 Å². The molecule has 0 bridgehead atoms. The van der Waals surface area contributed by atoms with E-state index in [4.69, 9.17) is 0 Å². The zero-order valence-electron chi connectivity index (χ0n) is 12.0. The lowest BCUT2D eigenvalue weighted by atomic mass is 9.98. The van der Waals surface area contributed by atoms with Crippen LogP contribution in [0.1, 0.15) is 47.5 Å². The van der Waals surface area contributed by atoms with Crippen molar-refractivity contribution in [2.45, 2.75) is 47.5 Å². The second-order valence-electron chi connectivity index (χ2n) is 4.10. The van der Waals surface area contributed by atoms with E-state index in [-0.39, 0.29) is 5.78 Å². The third kappa shape index (κ3) is 4.59. The van der Waals surface area contributed by atoms with E-state index in [1.165, 1.54) is 0 Å². The van der Waals surface area contributed by atoms with Crippen molar-refractivity contribution in [3.63, 3.8) is 0 Å². The molecule has 17 heavy (non-hydrogen) atoms. The number of carbonyl (C=O) groups excluding carboxylic acids is 1. The summed E-state index contributed by atoms with van der Waals surface area (Å²) in [6, 6.07) is 0. The van der Waals surface area contributed by atoms with Gasteiger partial charge >= 0.3 is 0 Å². The van der Waals surface area contributed by atoms with Crippen LogP contribution >= 0.6 is 0 Å². The Hall–Kier alpha value is -1.31. The summed E-state index contributed by atoms with van der Waals surface area (Å²) in [7, 11) is 1.89. The lowest BCUT2D eigenvalue weighted by Gasteiger charge is -2.10. The van der Waals surface area contributed by atoms with Crippen LogP contribution in [0.15, 0.2) is 34.6 Å². The van der Waals surface area contributed by atoms with Crippen molar-refractivity contribution in [2.24, 2.45) is 0 Å². The van der Waals surface area contributed by atoms with Gasteiger partial charge in [-0.05, 0) is 38.8 Å². The second kappa shape index (κ2) is 7.88. The topological polar surface area (TPSA) is 29.1 Å².